The van der Waals surface area contributed by atoms with Gasteiger partial charge >= 0.3 is 0 Å². The number of halogens is 2. The first kappa shape index (κ1) is 21.6. The molecule has 2 heterocycles. The van der Waals surface area contributed by atoms with Crippen LogP contribution in [0.1, 0.15) is 12.0 Å². The van der Waals surface area contributed by atoms with Crippen molar-refractivity contribution in [2.24, 2.45) is 5.92 Å². The third-order valence-corrected chi connectivity index (χ3v) is 6.24. The molecule has 2 saturated heterocycles. The predicted molar refractivity (Wildman–Crippen MR) is 117 cm³/mol. The van der Waals surface area contributed by atoms with Crippen LogP contribution < -0.4 is 9.64 Å². The molecule has 0 N–H and O–H groups in total. The first-order valence-electron chi connectivity index (χ1n) is 10.3. The van der Waals surface area contributed by atoms with Gasteiger partial charge < -0.3 is 14.5 Å². The van der Waals surface area contributed by atoms with E-state index in [9.17, 15) is 14.0 Å². The molecule has 2 aliphatic rings. The maximum Gasteiger partial charge on any atom is 0.228 e. The zero-order chi connectivity index (χ0) is 22.0. The van der Waals surface area contributed by atoms with Crippen molar-refractivity contribution in [2.45, 2.75) is 13.0 Å². The maximum atomic E-state index is 13.9. The van der Waals surface area contributed by atoms with Gasteiger partial charge in [-0.3, -0.25) is 14.5 Å². The summed E-state index contributed by atoms with van der Waals surface area (Å²) in [4.78, 5) is 31.2. The van der Waals surface area contributed by atoms with E-state index >= 15 is 0 Å². The lowest BCUT2D eigenvalue weighted by molar-refractivity contribution is -0.137. The molecule has 0 radical (unpaired) electrons. The summed E-state index contributed by atoms with van der Waals surface area (Å²) in [6.45, 7) is 3.56. The Morgan fingerprint density at radius 3 is 2.58 bits per heavy atom. The number of benzene rings is 2. The number of nitrogens with zero attached hydrogens (tertiary/aromatic N) is 3. The number of ether oxygens (including phenoxy) is 1. The lowest BCUT2D eigenvalue weighted by Crippen LogP contribution is -2.50. The van der Waals surface area contributed by atoms with Gasteiger partial charge in [0.25, 0.3) is 0 Å². The van der Waals surface area contributed by atoms with Crippen molar-refractivity contribution < 1.29 is 18.7 Å². The number of rotatable bonds is 5. The van der Waals surface area contributed by atoms with E-state index < -0.39 is 0 Å². The Morgan fingerprint density at radius 1 is 1.16 bits per heavy atom. The summed E-state index contributed by atoms with van der Waals surface area (Å²) >= 11 is 6.23. The summed E-state index contributed by atoms with van der Waals surface area (Å²) in [6, 6.07) is 12.2. The molecule has 2 aromatic carbocycles. The van der Waals surface area contributed by atoms with E-state index in [1.165, 1.54) is 13.2 Å². The van der Waals surface area contributed by atoms with E-state index in [0.717, 1.165) is 5.56 Å². The summed E-state index contributed by atoms with van der Waals surface area (Å²) in [7, 11) is 1.44. The van der Waals surface area contributed by atoms with Gasteiger partial charge in [0.15, 0.2) is 11.6 Å². The zero-order valence-electron chi connectivity index (χ0n) is 17.4. The smallest absolute Gasteiger partial charge is 0.228 e. The van der Waals surface area contributed by atoms with Crippen molar-refractivity contribution in [3.05, 3.63) is 58.9 Å². The van der Waals surface area contributed by atoms with Crippen LogP contribution in [0.2, 0.25) is 5.02 Å². The van der Waals surface area contributed by atoms with Crippen LogP contribution in [0.25, 0.3) is 0 Å². The van der Waals surface area contributed by atoms with Crippen molar-refractivity contribution in [1.29, 1.82) is 0 Å². The standard InChI is InChI=1S/C23H25ClFN3O3/c1-31-21-7-6-16(12-19(21)25)14-26-8-10-27(11-9-26)23(30)17-13-22(29)28(15-17)20-5-3-2-4-18(20)24/h2-7,12,17H,8-11,13-15H2,1H3. The first-order chi connectivity index (χ1) is 15.0. The SMILES string of the molecule is COc1ccc(CN2CCN(C(=O)C3CC(=O)N(c4ccccc4Cl)C3)CC2)cc1F. The molecule has 8 heteroatoms. The Hall–Kier alpha value is -2.64. The summed E-state index contributed by atoms with van der Waals surface area (Å²) in [6.07, 6.45) is 0.204. The second-order valence-corrected chi connectivity index (χ2v) is 8.33. The van der Waals surface area contributed by atoms with Gasteiger partial charge in [-0.1, -0.05) is 29.8 Å². The van der Waals surface area contributed by atoms with Gasteiger partial charge in [0.2, 0.25) is 11.8 Å². The third-order valence-electron chi connectivity index (χ3n) is 5.92. The second kappa shape index (κ2) is 9.24. The Kier molecular flexibility index (Phi) is 6.43. The highest BCUT2D eigenvalue weighted by Crippen LogP contribution is 2.31. The molecule has 2 amide bonds. The highest BCUT2D eigenvalue weighted by Gasteiger charge is 2.38. The molecule has 1 atom stereocenters. The van der Waals surface area contributed by atoms with Gasteiger partial charge in [0, 0.05) is 45.7 Å². The Labute approximate surface area is 186 Å². The Morgan fingerprint density at radius 2 is 1.90 bits per heavy atom. The van der Waals surface area contributed by atoms with E-state index in [1.54, 1.807) is 23.1 Å². The van der Waals surface area contributed by atoms with Crippen LogP contribution >= 0.6 is 11.6 Å². The van der Waals surface area contributed by atoms with Gasteiger partial charge in [0.05, 0.1) is 23.7 Å². The van der Waals surface area contributed by atoms with Crippen molar-refractivity contribution in [2.75, 3.05) is 44.7 Å². The molecule has 31 heavy (non-hydrogen) atoms. The molecule has 6 nitrogen and oxygen atoms in total. The van der Waals surface area contributed by atoms with Gasteiger partial charge in [-0.05, 0) is 29.8 Å². The van der Waals surface area contributed by atoms with Gasteiger partial charge in [-0.25, -0.2) is 4.39 Å². The molecule has 2 fully saturated rings. The quantitative estimate of drug-likeness (QED) is 0.709. The number of anilines is 1. The van der Waals surface area contributed by atoms with Crippen LogP contribution in [0.4, 0.5) is 10.1 Å². The molecule has 0 bridgehead atoms. The number of methoxy groups -OCH3 is 1. The minimum absolute atomic E-state index is 0.0121. The number of hydrogen-bond donors (Lipinski definition) is 0. The topological polar surface area (TPSA) is 53.1 Å². The number of hydrogen-bond acceptors (Lipinski definition) is 4. The average molecular weight is 446 g/mol. The van der Waals surface area contributed by atoms with Crippen LogP contribution in [0.5, 0.6) is 5.75 Å². The minimum Gasteiger partial charge on any atom is -0.494 e. The van der Waals surface area contributed by atoms with E-state index in [4.69, 9.17) is 16.3 Å². The molecule has 0 spiro atoms. The van der Waals surface area contributed by atoms with Gasteiger partial charge in [0.1, 0.15) is 0 Å². The normalized spacial score (nSPS) is 19.7. The van der Waals surface area contributed by atoms with Crippen LogP contribution in [-0.4, -0.2) is 61.4 Å². The van der Waals surface area contributed by atoms with Crippen LogP contribution in [0, 0.1) is 11.7 Å². The number of amides is 2. The summed E-state index contributed by atoms with van der Waals surface area (Å²) < 4.78 is 18.9. The monoisotopic (exact) mass is 445 g/mol. The largest absolute Gasteiger partial charge is 0.494 e. The second-order valence-electron chi connectivity index (χ2n) is 7.93. The highest BCUT2D eigenvalue weighted by molar-refractivity contribution is 6.33. The molecule has 1 unspecified atom stereocenters. The van der Waals surface area contributed by atoms with Gasteiger partial charge in [-0.15, -0.1) is 0 Å². The molecular weight excluding hydrogens is 421 g/mol. The predicted octanol–water partition coefficient (Wildman–Crippen LogP) is 3.19. The van der Waals surface area contributed by atoms with Crippen molar-refractivity contribution >= 4 is 29.1 Å². The molecule has 2 aliphatic heterocycles. The van der Waals surface area contributed by atoms with Crippen molar-refractivity contribution in [3.8, 4) is 5.75 Å². The van der Waals surface area contributed by atoms with Crippen molar-refractivity contribution in [3.63, 3.8) is 0 Å². The Balaban J connectivity index is 1.32. The first-order valence-corrected chi connectivity index (χ1v) is 10.7. The van der Waals surface area contributed by atoms with E-state index in [0.29, 0.717) is 50.0 Å². The van der Waals surface area contributed by atoms with Crippen molar-refractivity contribution in [1.82, 2.24) is 9.80 Å². The zero-order valence-corrected chi connectivity index (χ0v) is 18.1. The number of carbonyl (C=O) groups is 2. The summed E-state index contributed by atoms with van der Waals surface area (Å²) in [5.41, 5.74) is 1.52. The molecule has 164 valence electrons. The van der Waals surface area contributed by atoms with Crippen LogP contribution in [0.3, 0.4) is 0 Å². The Bertz CT molecular complexity index is 978. The lowest BCUT2D eigenvalue weighted by Gasteiger charge is -2.36. The maximum absolute atomic E-state index is 13.9. The number of piperazine rings is 1. The van der Waals surface area contributed by atoms with E-state index in [1.807, 2.05) is 23.1 Å². The summed E-state index contributed by atoms with van der Waals surface area (Å²) in [5.74, 6) is -0.561. The summed E-state index contributed by atoms with van der Waals surface area (Å²) in [5, 5.41) is 0.507. The van der Waals surface area contributed by atoms with E-state index in [2.05, 4.69) is 4.90 Å². The van der Waals surface area contributed by atoms with Crippen LogP contribution in [-0.2, 0) is 16.1 Å². The van der Waals surface area contributed by atoms with Gasteiger partial charge in [-0.2, -0.15) is 0 Å². The molecule has 0 saturated carbocycles. The van der Waals surface area contributed by atoms with E-state index in [-0.39, 0.29) is 35.7 Å². The molecule has 2 aromatic rings. The lowest BCUT2D eigenvalue weighted by atomic mass is 10.1. The fraction of sp³-hybridized carbons (Fsp3) is 0.391. The molecule has 4 rings (SSSR count). The third kappa shape index (κ3) is 4.67. The van der Waals surface area contributed by atoms with Crippen LogP contribution in [0.15, 0.2) is 42.5 Å². The minimum atomic E-state index is -0.372. The highest BCUT2D eigenvalue weighted by atomic mass is 35.5. The fourth-order valence-corrected chi connectivity index (χ4v) is 4.47. The number of carbonyl (C=O) groups excluding carboxylic acids is 2. The average Bonchev–Trinajstić information content (AvgIpc) is 3.15. The fourth-order valence-electron chi connectivity index (χ4n) is 4.23. The molecule has 0 aliphatic carbocycles. The molecule has 0 aromatic heterocycles. The number of para-hydroxylation sites is 1. The molecular formula is C23H25ClFN3O3.